The molecular formula is C32H33Cl2FO4. The first-order valence-corrected chi connectivity index (χ1v) is 13.6. The molecule has 4 nitrogen and oxygen atoms in total. The Bertz CT molecular complexity index is 1380. The van der Waals surface area contributed by atoms with Gasteiger partial charge >= 0.3 is 5.97 Å². The molecule has 0 unspecified atom stereocenters. The molecule has 1 saturated heterocycles. The summed E-state index contributed by atoms with van der Waals surface area (Å²) in [4.78, 5) is 11.4. The van der Waals surface area contributed by atoms with E-state index < -0.39 is 24.8 Å². The quantitative estimate of drug-likeness (QED) is 0.288. The van der Waals surface area contributed by atoms with Crippen LogP contribution in [0.5, 0.6) is 5.75 Å². The minimum Gasteiger partial charge on any atom is -0.480 e. The van der Waals surface area contributed by atoms with Crippen molar-refractivity contribution in [3.8, 4) is 5.75 Å². The number of rotatable bonds is 7. The molecule has 1 heterocycles. The fraction of sp³-hybridized carbons (Fsp3) is 0.344. The SMILES string of the molecule is C=C(C)[C@H]1C[C@H](c2cccc(Cl)c2)[C@H](c2cccc(F)c2)O[C@@H]1c1cc(C(C)(C)C)cc(Cl)c1OCC(=O)O. The Hall–Kier alpha value is -2.86. The number of hydrogen-bond donors (Lipinski definition) is 1. The van der Waals surface area contributed by atoms with Gasteiger partial charge in [-0.3, -0.25) is 0 Å². The molecule has 3 aromatic carbocycles. The molecule has 4 atom stereocenters. The van der Waals surface area contributed by atoms with Crippen LogP contribution in [0, 0.1) is 11.7 Å². The van der Waals surface area contributed by atoms with E-state index >= 15 is 0 Å². The van der Waals surface area contributed by atoms with E-state index in [4.69, 9.17) is 32.7 Å². The van der Waals surface area contributed by atoms with Crippen LogP contribution in [-0.4, -0.2) is 17.7 Å². The fourth-order valence-electron chi connectivity index (χ4n) is 5.21. The molecule has 0 bridgehead atoms. The van der Waals surface area contributed by atoms with Crippen molar-refractivity contribution in [2.75, 3.05) is 6.61 Å². The van der Waals surface area contributed by atoms with Crippen molar-refractivity contribution in [3.05, 3.63) is 111 Å². The highest BCUT2D eigenvalue weighted by atomic mass is 35.5. The van der Waals surface area contributed by atoms with Crippen LogP contribution in [0.2, 0.25) is 10.0 Å². The number of carboxylic acids is 1. The van der Waals surface area contributed by atoms with E-state index in [1.54, 1.807) is 12.1 Å². The van der Waals surface area contributed by atoms with Crippen molar-refractivity contribution in [2.45, 2.75) is 57.7 Å². The van der Waals surface area contributed by atoms with E-state index in [9.17, 15) is 14.3 Å². The zero-order valence-electron chi connectivity index (χ0n) is 22.5. The van der Waals surface area contributed by atoms with Gasteiger partial charge in [-0.25, -0.2) is 9.18 Å². The largest absolute Gasteiger partial charge is 0.480 e. The van der Waals surface area contributed by atoms with Crippen LogP contribution in [0.15, 0.2) is 72.8 Å². The molecule has 39 heavy (non-hydrogen) atoms. The predicted molar refractivity (Wildman–Crippen MR) is 153 cm³/mol. The summed E-state index contributed by atoms with van der Waals surface area (Å²) in [6.45, 7) is 11.9. The maximum absolute atomic E-state index is 14.4. The van der Waals surface area contributed by atoms with Crippen molar-refractivity contribution >= 4 is 29.2 Å². The number of carbonyl (C=O) groups is 1. The first-order valence-electron chi connectivity index (χ1n) is 12.9. The molecule has 1 fully saturated rings. The van der Waals surface area contributed by atoms with Gasteiger partial charge < -0.3 is 14.6 Å². The summed E-state index contributed by atoms with van der Waals surface area (Å²) >= 11 is 13.1. The van der Waals surface area contributed by atoms with E-state index in [0.717, 1.165) is 16.7 Å². The van der Waals surface area contributed by atoms with E-state index in [1.807, 2.05) is 43.3 Å². The summed E-state index contributed by atoms with van der Waals surface area (Å²) < 4.78 is 27.1. The van der Waals surface area contributed by atoms with Gasteiger partial charge in [-0.1, -0.05) is 80.4 Å². The molecule has 1 aliphatic rings. The smallest absolute Gasteiger partial charge is 0.341 e. The number of carboxylic acid groups (broad SMARTS) is 1. The van der Waals surface area contributed by atoms with Gasteiger partial charge in [0.15, 0.2) is 6.61 Å². The Morgan fingerprint density at radius 2 is 1.77 bits per heavy atom. The molecule has 0 amide bonds. The Kier molecular flexibility index (Phi) is 8.75. The maximum atomic E-state index is 14.4. The van der Waals surface area contributed by atoms with Crippen LogP contribution < -0.4 is 4.74 Å². The highest BCUT2D eigenvalue weighted by Gasteiger charge is 2.42. The third kappa shape index (κ3) is 6.66. The molecule has 0 aromatic heterocycles. The van der Waals surface area contributed by atoms with Gasteiger partial charge in [0.1, 0.15) is 11.6 Å². The molecule has 0 spiro atoms. The lowest BCUT2D eigenvalue weighted by Gasteiger charge is -2.43. The van der Waals surface area contributed by atoms with E-state index in [2.05, 4.69) is 27.4 Å². The Morgan fingerprint density at radius 1 is 1.08 bits per heavy atom. The van der Waals surface area contributed by atoms with Crippen molar-refractivity contribution in [1.82, 2.24) is 0 Å². The summed E-state index contributed by atoms with van der Waals surface area (Å²) in [5.74, 6) is -1.52. The number of aliphatic carboxylic acids is 1. The topological polar surface area (TPSA) is 55.8 Å². The zero-order chi connectivity index (χ0) is 28.5. The van der Waals surface area contributed by atoms with Crippen LogP contribution >= 0.6 is 23.2 Å². The summed E-state index contributed by atoms with van der Waals surface area (Å²) in [7, 11) is 0. The average molecular weight is 572 g/mol. The lowest BCUT2D eigenvalue weighted by atomic mass is 9.73. The van der Waals surface area contributed by atoms with E-state index in [1.165, 1.54) is 12.1 Å². The molecule has 0 saturated carbocycles. The third-order valence-electron chi connectivity index (χ3n) is 7.20. The van der Waals surface area contributed by atoms with E-state index in [0.29, 0.717) is 27.6 Å². The summed E-state index contributed by atoms with van der Waals surface area (Å²) in [5.41, 5.74) is 3.91. The summed E-state index contributed by atoms with van der Waals surface area (Å²) in [6, 6.07) is 17.8. The molecule has 206 valence electrons. The first-order chi connectivity index (χ1) is 18.3. The van der Waals surface area contributed by atoms with Crippen molar-refractivity contribution in [1.29, 1.82) is 0 Å². The molecule has 4 rings (SSSR count). The second kappa shape index (κ2) is 11.7. The van der Waals surface area contributed by atoms with Crippen LogP contribution in [0.1, 0.15) is 74.5 Å². The van der Waals surface area contributed by atoms with Gasteiger partial charge in [-0.15, -0.1) is 0 Å². The minimum atomic E-state index is -1.11. The second-order valence-electron chi connectivity index (χ2n) is 11.2. The monoisotopic (exact) mass is 570 g/mol. The molecule has 0 radical (unpaired) electrons. The first kappa shape index (κ1) is 29.1. The van der Waals surface area contributed by atoms with Gasteiger partial charge in [0, 0.05) is 22.4 Å². The minimum absolute atomic E-state index is 0.145. The van der Waals surface area contributed by atoms with Gasteiger partial charge in [0.25, 0.3) is 0 Å². The van der Waals surface area contributed by atoms with Crippen molar-refractivity contribution in [3.63, 3.8) is 0 Å². The normalized spacial score (nSPS) is 21.4. The van der Waals surface area contributed by atoms with Crippen molar-refractivity contribution < 1.29 is 23.8 Å². The lowest BCUT2D eigenvalue weighted by Crippen LogP contribution is -2.32. The van der Waals surface area contributed by atoms with Crippen molar-refractivity contribution in [2.24, 2.45) is 5.92 Å². The summed E-state index contributed by atoms with van der Waals surface area (Å²) in [5, 5.41) is 10.2. The number of halogens is 3. The van der Waals surface area contributed by atoms with E-state index in [-0.39, 0.29) is 28.8 Å². The molecule has 0 aliphatic carbocycles. The standard InChI is InChI=1S/C32H33Cl2FO4/c1-18(2)24-16-25(19-8-6-10-22(33)12-19)29(20-9-7-11-23(35)13-20)39-30(24)26-14-21(32(3,4)5)15-27(34)31(26)38-17-28(36)37/h6-15,24-25,29-30H,1,16-17H2,2-5H3,(H,36,37)/t24-,25-,29+,30+/m1/s1. The Labute approximate surface area is 239 Å². The number of hydrogen-bond acceptors (Lipinski definition) is 3. The van der Waals surface area contributed by atoms with Gasteiger partial charge in [0.05, 0.1) is 17.2 Å². The molecule has 1 N–H and O–H groups in total. The molecule has 3 aromatic rings. The Balaban J connectivity index is 1.90. The molecular weight excluding hydrogens is 538 g/mol. The van der Waals surface area contributed by atoms with Crippen LogP contribution in [0.3, 0.4) is 0 Å². The average Bonchev–Trinajstić information content (AvgIpc) is 2.86. The van der Waals surface area contributed by atoms with Gasteiger partial charge in [-0.2, -0.15) is 0 Å². The molecule has 7 heteroatoms. The zero-order valence-corrected chi connectivity index (χ0v) is 24.0. The summed E-state index contributed by atoms with van der Waals surface area (Å²) in [6.07, 6.45) is -0.462. The van der Waals surface area contributed by atoms with Crippen LogP contribution in [0.4, 0.5) is 4.39 Å². The highest BCUT2D eigenvalue weighted by molar-refractivity contribution is 6.32. The highest BCUT2D eigenvalue weighted by Crippen LogP contribution is 2.54. The third-order valence-corrected chi connectivity index (χ3v) is 7.72. The van der Waals surface area contributed by atoms with Gasteiger partial charge in [-0.05, 0) is 71.8 Å². The second-order valence-corrected chi connectivity index (χ2v) is 12.0. The predicted octanol–water partition coefficient (Wildman–Crippen LogP) is 9.07. The number of benzene rings is 3. The van der Waals surface area contributed by atoms with Crippen LogP contribution in [0.25, 0.3) is 0 Å². The number of ether oxygens (including phenoxy) is 2. The molecule has 1 aliphatic heterocycles. The fourth-order valence-corrected chi connectivity index (χ4v) is 5.69. The Morgan fingerprint density at radius 3 is 2.38 bits per heavy atom. The maximum Gasteiger partial charge on any atom is 0.341 e. The van der Waals surface area contributed by atoms with Gasteiger partial charge in [0.2, 0.25) is 0 Å². The lowest BCUT2D eigenvalue weighted by molar-refractivity contribution is -0.139. The van der Waals surface area contributed by atoms with Crippen LogP contribution in [-0.2, 0) is 14.9 Å².